The van der Waals surface area contributed by atoms with Gasteiger partial charge in [-0.25, -0.2) is 0 Å². The van der Waals surface area contributed by atoms with E-state index < -0.39 is 68.6 Å². The average molecular weight is 689 g/mol. The van der Waals surface area contributed by atoms with Crippen LogP contribution >= 0.6 is 0 Å². The highest BCUT2D eigenvalue weighted by atomic mass is 28.4. The fraction of sp³-hybridized carbons (Fsp3) is 0.909. The maximum atomic E-state index is 14.8. The summed E-state index contributed by atoms with van der Waals surface area (Å²) in [5, 5.41) is -0.823. The lowest BCUT2D eigenvalue weighted by Gasteiger charge is -2.63. The Morgan fingerprint density at radius 3 is 1.20 bits per heavy atom. The van der Waals surface area contributed by atoms with Gasteiger partial charge in [0.05, 0.1) is 18.1 Å². The number of hydrogen-bond acceptors (Lipinski definition) is 6. The summed E-state index contributed by atoms with van der Waals surface area (Å²) < 4.78 is 21.7. The molecule has 0 aromatic carbocycles. The minimum Gasteiger partial charge on any atom is -0.518 e. The molecule has 44 heavy (non-hydrogen) atoms. The molecule has 0 aromatic heterocycles. The standard InChI is InChI=1S/C33H69NO6Si4/c1-23(38-42(17,18)30(5,6)7)24-25(34(26(24)35)41(15,16)29(2,3)4)33(14,27(36)39-43(19,20)31(8,9)10)28(37)40-44(21,22)32(11,12)13/h23-25H,1-22H3/t23-,24-,25+/m1/s1/i27+1/t23-,24-,25+,33+. The highest BCUT2D eigenvalue weighted by Gasteiger charge is 2.70. The SMILES string of the molecule is C[C@@H](O[Si](C)(C)C(C)(C)C)[C@H]1C(=O)N([Si](C)(C)C(C)(C)C)[C@@H]1[C@](C)(C(=O)O[Si](C)(C)C(C)(C)C)[13C](=O)O[Si](C)(C)C(C)(C)C. The van der Waals surface area contributed by atoms with Gasteiger partial charge < -0.3 is 17.8 Å². The molecule has 0 spiro atoms. The zero-order chi connectivity index (χ0) is 35.7. The predicted molar refractivity (Wildman–Crippen MR) is 194 cm³/mol. The minimum atomic E-state index is -2.65. The van der Waals surface area contributed by atoms with E-state index in [4.69, 9.17) is 13.3 Å². The largest absolute Gasteiger partial charge is 0.518 e. The predicted octanol–water partition coefficient (Wildman–Crippen LogP) is 9.33. The number of carbonyl (C=O) groups excluding carboxylic acids is 3. The third-order valence-corrected chi connectivity index (χ3v) is 30.7. The van der Waals surface area contributed by atoms with Gasteiger partial charge in [-0.3, -0.25) is 14.4 Å². The van der Waals surface area contributed by atoms with E-state index in [0.29, 0.717) is 0 Å². The highest BCUT2D eigenvalue weighted by Crippen LogP contribution is 2.53. The zero-order valence-electron chi connectivity index (χ0n) is 32.6. The zero-order valence-corrected chi connectivity index (χ0v) is 36.6. The molecule has 0 bridgehead atoms. The number of carbonyl (C=O) groups is 3. The first-order valence-corrected chi connectivity index (χ1v) is 28.1. The van der Waals surface area contributed by atoms with Gasteiger partial charge in [-0.1, -0.05) is 96.2 Å². The van der Waals surface area contributed by atoms with Gasteiger partial charge >= 0.3 is 11.9 Å². The molecule has 7 nitrogen and oxygen atoms in total. The Morgan fingerprint density at radius 2 is 0.932 bits per heavy atom. The van der Waals surface area contributed by atoms with E-state index >= 15 is 0 Å². The van der Waals surface area contributed by atoms with Crippen LogP contribution in [0.25, 0.3) is 0 Å². The fourth-order valence-electron chi connectivity index (χ4n) is 4.59. The number of β-lactam (4-membered cyclic amide) rings is 1. The molecule has 1 aliphatic rings. The summed E-state index contributed by atoms with van der Waals surface area (Å²) in [6.45, 7) is 45.7. The van der Waals surface area contributed by atoms with Crippen LogP contribution in [-0.4, -0.2) is 67.7 Å². The summed E-state index contributed by atoms with van der Waals surface area (Å²) in [5.74, 6) is -1.89. The Balaban J connectivity index is 4.07. The van der Waals surface area contributed by atoms with Gasteiger partial charge in [0, 0.05) is 0 Å². The van der Waals surface area contributed by atoms with Gasteiger partial charge in [-0.2, -0.15) is 0 Å². The lowest BCUT2D eigenvalue weighted by atomic mass is 9.72. The average Bonchev–Trinajstić information content (AvgIpc) is 2.72. The molecule has 1 amide bonds. The molecule has 0 unspecified atom stereocenters. The molecule has 0 aliphatic carbocycles. The number of nitrogens with zero attached hydrogens (tertiary/aromatic N) is 1. The van der Waals surface area contributed by atoms with Crippen LogP contribution in [0.3, 0.4) is 0 Å². The minimum absolute atomic E-state index is 0.0423. The monoisotopic (exact) mass is 688 g/mol. The van der Waals surface area contributed by atoms with Crippen LogP contribution in [0, 0.1) is 11.3 Å². The molecule has 1 fully saturated rings. The van der Waals surface area contributed by atoms with Gasteiger partial charge in [-0.05, 0) is 73.3 Å². The Morgan fingerprint density at radius 1 is 0.614 bits per heavy atom. The van der Waals surface area contributed by atoms with E-state index in [1.165, 1.54) is 0 Å². The molecule has 0 saturated carbocycles. The van der Waals surface area contributed by atoms with E-state index in [2.05, 4.69) is 109 Å². The van der Waals surface area contributed by atoms with Crippen LogP contribution in [0.1, 0.15) is 96.9 Å². The van der Waals surface area contributed by atoms with E-state index in [1.54, 1.807) is 6.92 Å². The second kappa shape index (κ2) is 12.0. The lowest BCUT2D eigenvalue weighted by molar-refractivity contribution is -0.181. The molecule has 1 rings (SSSR count). The molecule has 4 atom stereocenters. The summed E-state index contributed by atoms with van der Waals surface area (Å²) in [6, 6.07) is -0.745. The lowest BCUT2D eigenvalue weighted by Crippen LogP contribution is -2.80. The van der Waals surface area contributed by atoms with Crippen LogP contribution in [0.5, 0.6) is 0 Å². The fourth-order valence-corrected chi connectivity index (χ4v) is 10.5. The molecular formula is C33H69NO6Si4. The van der Waals surface area contributed by atoms with Gasteiger partial charge in [0.2, 0.25) is 5.91 Å². The topological polar surface area (TPSA) is 82.1 Å². The maximum Gasteiger partial charge on any atom is 0.312 e. The van der Waals surface area contributed by atoms with E-state index in [1.807, 2.05) is 37.7 Å². The summed E-state index contributed by atoms with van der Waals surface area (Å²) >= 11 is 0. The van der Waals surface area contributed by atoms with Crippen LogP contribution < -0.4 is 0 Å². The quantitative estimate of drug-likeness (QED) is 0.104. The van der Waals surface area contributed by atoms with Crippen LogP contribution in [0.15, 0.2) is 0 Å². The normalized spacial score (nSPS) is 21.8. The molecule has 1 saturated heterocycles. The van der Waals surface area contributed by atoms with Crippen molar-refractivity contribution in [2.75, 3.05) is 0 Å². The Hall–Kier alpha value is -0.762. The first kappa shape index (κ1) is 41.3. The second-order valence-corrected chi connectivity index (χ2v) is 38.9. The van der Waals surface area contributed by atoms with Gasteiger partial charge in [0.15, 0.2) is 22.0 Å². The Labute approximate surface area is 275 Å². The molecule has 1 aliphatic heterocycles. The molecule has 0 radical (unpaired) electrons. The Kier molecular flexibility index (Phi) is 11.3. The molecule has 11 heteroatoms. The number of amides is 1. The first-order valence-electron chi connectivity index (χ1n) is 16.4. The van der Waals surface area contributed by atoms with Gasteiger partial charge in [0.25, 0.3) is 16.6 Å². The summed E-state index contributed by atoms with van der Waals surface area (Å²) in [5.41, 5.74) is -1.73. The van der Waals surface area contributed by atoms with E-state index in [-0.39, 0.29) is 26.1 Å². The van der Waals surface area contributed by atoms with Crippen LogP contribution in [-0.2, 0) is 27.7 Å². The molecule has 1 heterocycles. The summed E-state index contributed by atoms with van der Waals surface area (Å²) in [6.07, 6.45) is -0.491. The molecule has 0 aromatic rings. The van der Waals surface area contributed by atoms with Gasteiger partial charge in [0.1, 0.15) is 0 Å². The summed E-state index contributed by atoms with van der Waals surface area (Å²) in [7, 11) is -10.2. The van der Waals surface area contributed by atoms with Crippen LogP contribution in [0.2, 0.25) is 72.5 Å². The van der Waals surface area contributed by atoms with Crippen molar-refractivity contribution in [3.8, 4) is 0 Å². The maximum absolute atomic E-state index is 14.8. The van der Waals surface area contributed by atoms with Crippen molar-refractivity contribution in [3.05, 3.63) is 0 Å². The van der Waals surface area contributed by atoms with Crippen molar-refractivity contribution in [3.63, 3.8) is 0 Å². The molecule has 258 valence electrons. The van der Waals surface area contributed by atoms with Crippen molar-refractivity contribution < 1.29 is 27.7 Å². The van der Waals surface area contributed by atoms with Crippen molar-refractivity contribution in [2.24, 2.45) is 11.3 Å². The smallest absolute Gasteiger partial charge is 0.312 e. The van der Waals surface area contributed by atoms with Crippen molar-refractivity contribution >= 4 is 51.0 Å². The van der Waals surface area contributed by atoms with E-state index in [0.717, 1.165) is 0 Å². The number of rotatable bonds is 9. The third kappa shape index (κ3) is 7.52. The van der Waals surface area contributed by atoms with Crippen molar-refractivity contribution in [1.82, 2.24) is 4.57 Å². The highest BCUT2D eigenvalue weighted by molar-refractivity contribution is 6.80. The molecule has 0 N–H and O–H groups in total. The van der Waals surface area contributed by atoms with Gasteiger partial charge in [-0.15, -0.1) is 0 Å². The van der Waals surface area contributed by atoms with Crippen molar-refractivity contribution in [1.29, 1.82) is 0 Å². The van der Waals surface area contributed by atoms with Crippen molar-refractivity contribution in [2.45, 2.75) is 182 Å². The summed E-state index contributed by atoms with van der Waals surface area (Å²) in [4.78, 5) is 43.9. The van der Waals surface area contributed by atoms with Crippen LogP contribution in [0.4, 0.5) is 0 Å². The number of hydrogen-bond donors (Lipinski definition) is 0. The Bertz CT molecular complexity index is 1060. The third-order valence-electron chi connectivity index (χ3n) is 12.1. The molecular weight excluding hydrogens is 620 g/mol. The first-order chi connectivity index (χ1) is 18.9. The second-order valence-electron chi connectivity index (χ2n) is 19.6. The van der Waals surface area contributed by atoms with E-state index in [9.17, 15) is 14.4 Å².